The predicted octanol–water partition coefficient (Wildman–Crippen LogP) is 1.10. The van der Waals surface area contributed by atoms with Crippen LogP contribution in [-0.2, 0) is 4.79 Å². The number of hydrogen-bond acceptors (Lipinski definition) is 2. The third kappa shape index (κ3) is 3.39. The van der Waals surface area contributed by atoms with Gasteiger partial charge >= 0.3 is 12.1 Å². The summed E-state index contributed by atoms with van der Waals surface area (Å²) >= 11 is 5.46. The summed E-state index contributed by atoms with van der Waals surface area (Å²) in [5.74, 6) is -1.79. The van der Waals surface area contributed by atoms with Crippen molar-refractivity contribution in [1.29, 1.82) is 0 Å². The van der Waals surface area contributed by atoms with E-state index in [4.69, 9.17) is 11.6 Å². The van der Waals surface area contributed by atoms with Crippen molar-refractivity contribution in [1.82, 2.24) is 10.2 Å². The molecule has 15 heavy (non-hydrogen) atoms. The van der Waals surface area contributed by atoms with Gasteiger partial charge in [-0.3, -0.25) is 4.79 Å². The van der Waals surface area contributed by atoms with Crippen molar-refractivity contribution in [2.75, 3.05) is 19.6 Å². The van der Waals surface area contributed by atoms with E-state index in [1.165, 1.54) is 0 Å². The lowest BCUT2D eigenvalue weighted by atomic mass is 10.1. The number of halogens is 4. The van der Waals surface area contributed by atoms with Crippen molar-refractivity contribution in [3.05, 3.63) is 11.6 Å². The third-order valence-corrected chi connectivity index (χ3v) is 2.13. The molecule has 1 saturated heterocycles. The molecule has 3 nitrogen and oxygen atoms in total. The highest BCUT2D eigenvalue weighted by atomic mass is 35.5. The fraction of sp³-hybridized carbons (Fsp3) is 0.625. The Bertz CT molecular complexity index is 274. The molecule has 0 atom stereocenters. The molecule has 0 aromatic heterocycles. The van der Waals surface area contributed by atoms with Crippen LogP contribution in [0, 0.1) is 0 Å². The van der Waals surface area contributed by atoms with E-state index in [1.54, 1.807) is 0 Å². The standard InChI is InChI=1S/C8H10ClF3N2O/c1-5(9)2-13-6-3-14(4-6)7(15)8(10,11)12/h6,13H,1-4H2. The van der Waals surface area contributed by atoms with Gasteiger partial charge in [-0.05, 0) is 0 Å². The van der Waals surface area contributed by atoms with Gasteiger partial charge in [-0.15, -0.1) is 0 Å². The van der Waals surface area contributed by atoms with Gasteiger partial charge in [0.25, 0.3) is 0 Å². The lowest BCUT2D eigenvalue weighted by Gasteiger charge is -2.39. The molecule has 1 aliphatic heterocycles. The Kier molecular flexibility index (Phi) is 3.62. The van der Waals surface area contributed by atoms with Crippen LogP contribution in [0.4, 0.5) is 13.2 Å². The monoisotopic (exact) mass is 242 g/mol. The van der Waals surface area contributed by atoms with Gasteiger partial charge in [-0.1, -0.05) is 18.2 Å². The number of likely N-dealkylation sites (tertiary alicyclic amines) is 1. The van der Waals surface area contributed by atoms with E-state index >= 15 is 0 Å². The molecule has 1 rings (SSSR count). The van der Waals surface area contributed by atoms with Gasteiger partial charge < -0.3 is 10.2 Å². The first-order valence-electron chi connectivity index (χ1n) is 4.23. The maximum absolute atomic E-state index is 11.9. The van der Waals surface area contributed by atoms with Crippen molar-refractivity contribution in [2.24, 2.45) is 0 Å². The first-order valence-corrected chi connectivity index (χ1v) is 4.61. The number of amides is 1. The molecule has 0 radical (unpaired) electrons. The normalized spacial score (nSPS) is 17.5. The Balaban J connectivity index is 2.26. The number of hydrogen-bond donors (Lipinski definition) is 1. The summed E-state index contributed by atoms with van der Waals surface area (Å²) in [5.41, 5.74) is 0. The molecule has 1 fully saturated rings. The number of rotatable bonds is 3. The summed E-state index contributed by atoms with van der Waals surface area (Å²) in [5, 5.41) is 3.25. The smallest absolute Gasteiger partial charge is 0.332 e. The zero-order valence-corrected chi connectivity index (χ0v) is 8.53. The second-order valence-corrected chi connectivity index (χ2v) is 3.84. The minimum Gasteiger partial charge on any atom is -0.332 e. The van der Waals surface area contributed by atoms with Crippen LogP contribution < -0.4 is 5.32 Å². The van der Waals surface area contributed by atoms with Gasteiger partial charge in [0.1, 0.15) is 0 Å². The second-order valence-electron chi connectivity index (χ2n) is 3.30. The zero-order valence-electron chi connectivity index (χ0n) is 7.77. The maximum Gasteiger partial charge on any atom is 0.471 e. The van der Waals surface area contributed by atoms with Gasteiger partial charge in [0.15, 0.2) is 0 Å². The molecule has 1 aliphatic rings. The topological polar surface area (TPSA) is 32.3 Å². The van der Waals surface area contributed by atoms with E-state index in [0.717, 1.165) is 4.90 Å². The molecule has 0 saturated carbocycles. The van der Waals surface area contributed by atoms with Crippen LogP contribution in [0.25, 0.3) is 0 Å². The Morgan fingerprint density at radius 1 is 1.53 bits per heavy atom. The van der Waals surface area contributed by atoms with Crippen molar-refractivity contribution in [2.45, 2.75) is 12.2 Å². The summed E-state index contributed by atoms with van der Waals surface area (Å²) in [6, 6.07) is -0.133. The number of nitrogens with zero attached hydrogens (tertiary/aromatic N) is 1. The summed E-state index contributed by atoms with van der Waals surface area (Å²) in [4.78, 5) is 11.4. The number of alkyl halides is 3. The van der Waals surface area contributed by atoms with Gasteiger partial charge in [0.05, 0.1) is 0 Å². The number of nitrogens with one attached hydrogen (secondary N) is 1. The maximum atomic E-state index is 11.9. The Morgan fingerprint density at radius 2 is 2.07 bits per heavy atom. The van der Waals surface area contributed by atoms with Crippen LogP contribution in [0.2, 0.25) is 0 Å². The molecule has 0 unspecified atom stereocenters. The van der Waals surface area contributed by atoms with Crippen LogP contribution in [0.1, 0.15) is 0 Å². The van der Waals surface area contributed by atoms with Crippen LogP contribution in [0.15, 0.2) is 11.6 Å². The van der Waals surface area contributed by atoms with E-state index in [2.05, 4.69) is 11.9 Å². The van der Waals surface area contributed by atoms with Crippen molar-refractivity contribution < 1.29 is 18.0 Å². The summed E-state index contributed by atoms with van der Waals surface area (Å²) in [6.45, 7) is 3.87. The minimum atomic E-state index is -4.78. The average molecular weight is 243 g/mol. The highest BCUT2D eigenvalue weighted by molar-refractivity contribution is 6.29. The van der Waals surface area contributed by atoms with Crippen molar-refractivity contribution in [3.8, 4) is 0 Å². The van der Waals surface area contributed by atoms with Gasteiger partial charge in [0, 0.05) is 30.7 Å². The molecule has 0 spiro atoms. The Hall–Kier alpha value is -0.750. The number of carbonyl (C=O) groups is 1. The van der Waals surface area contributed by atoms with Gasteiger partial charge in [-0.2, -0.15) is 13.2 Å². The second kappa shape index (κ2) is 4.40. The zero-order chi connectivity index (χ0) is 11.6. The molecule has 0 aromatic rings. The SMILES string of the molecule is C=C(Cl)CNC1CN(C(=O)C(F)(F)F)C1. The molecule has 0 aromatic carbocycles. The quantitative estimate of drug-likeness (QED) is 0.804. The van der Waals surface area contributed by atoms with Crippen molar-refractivity contribution >= 4 is 17.5 Å². The van der Waals surface area contributed by atoms with E-state index in [0.29, 0.717) is 11.6 Å². The summed E-state index contributed by atoms with van der Waals surface area (Å²) in [7, 11) is 0. The van der Waals surface area contributed by atoms with Crippen LogP contribution in [0.3, 0.4) is 0 Å². The summed E-state index contributed by atoms with van der Waals surface area (Å²) < 4.78 is 35.7. The highest BCUT2D eigenvalue weighted by Crippen LogP contribution is 2.22. The van der Waals surface area contributed by atoms with E-state index in [-0.39, 0.29) is 19.1 Å². The summed E-state index contributed by atoms with van der Waals surface area (Å²) in [6.07, 6.45) is -4.78. The lowest BCUT2D eigenvalue weighted by Crippen LogP contribution is -2.62. The van der Waals surface area contributed by atoms with Crippen LogP contribution >= 0.6 is 11.6 Å². The third-order valence-electron chi connectivity index (χ3n) is 1.99. The van der Waals surface area contributed by atoms with Gasteiger partial charge in [0.2, 0.25) is 0 Å². The van der Waals surface area contributed by atoms with Crippen molar-refractivity contribution in [3.63, 3.8) is 0 Å². The predicted molar refractivity (Wildman–Crippen MR) is 49.4 cm³/mol. The fourth-order valence-corrected chi connectivity index (χ4v) is 1.29. The van der Waals surface area contributed by atoms with E-state index in [9.17, 15) is 18.0 Å². The number of carbonyl (C=O) groups excluding carboxylic acids is 1. The Labute approximate surface area is 89.9 Å². The fourth-order valence-electron chi connectivity index (χ4n) is 1.21. The van der Waals surface area contributed by atoms with Crippen LogP contribution in [0.5, 0.6) is 0 Å². The van der Waals surface area contributed by atoms with E-state index in [1.807, 2.05) is 0 Å². The molecule has 0 bridgehead atoms. The first kappa shape index (κ1) is 12.3. The minimum absolute atomic E-state index is 0.0580. The van der Waals surface area contributed by atoms with Gasteiger partial charge in [-0.25, -0.2) is 0 Å². The van der Waals surface area contributed by atoms with E-state index < -0.39 is 12.1 Å². The molecular formula is C8H10ClF3N2O. The molecular weight excluding hydrogens is 233 g/mol. The average Bonchev–Trinajstić information content (AvgIpc) is 1.98. The molecule has 1 amide bonds. The molecule has 7 heteroatoms. The first-order chi connectivity index (χ1) is 6.80. The lowest BCUT2D eigenvalue weighted by molar-refractivity contribution is -0.190. The molecule has 1 N–H and O–H groups in total. The van der Waals surface area contributed by atoms with Crippen LogP contribution in [-0.4, -0.2) is 42.7 Å². The molecule has 86 valence electrons. The Morgan fingerprint density at radius 3 is 2.47 bits per heavy atom. The molecule has 0 aliphatic carbocycles. The largest absolute Gasteiger partial charge is 0.471 e. The highest BCUT2D eigenvalue weighted by Gasteiger charge is 2.46. The molecule has 1 heterocycles.